The van der Waals surface area contributed by atoms with E-state index in [1.165, 1.54) is 23.4 Å². The summed E-state index contributed by atoms with van der Waals surface area (Å²) >= 11 is 0. The fourth-order valence-corrected chi connectivity index (χ4v) is 5.10. The van der Waals surface area contributed by atoms with E-state index in [0.29, 0.717) is 24.0 Å². The standard InChI is InChI=1S/C23H21N5O4S/c1-28-21(29)23(27-22(28)24,18-4-2-3-15(11-18)16-12-25-14-26-13-16)17-5-7-19(8-6-17)32-33(30,31)20-9-10-20/h2-8,11-14,20H,9-10H2,1H3,(H2,24,27). The molecule has 0 saturated heterocycles. The highest BCUT2D eigenvalue weighted by atomic mass is 32.2. The Kier molecular flexibility index (Phi) is 4.89. The van der Waals surface area contributed by atoms with E-state index in [1.807, 2.05) is 24.3 Å². The highest BCUT2D eigenvalue weighted by Gasteiger charge is 2.49. The van der Waals surface area contributed by atoms with Gasteiger partial charge in [-0.3, -0.25) is 9.69 Å². The Morgan fingerprint density at radius 2 is 1.73 bits per heavy atom. The maximum absolute atomic E-state index is 13.5. The van der Waals surface area contributed by atoms with Gasteiger partial charge < -0.3 is 9.92 Å². The van der Waals surface area contributed by atoms with Crippen LogP contribution >= 0.6 is 0 Å². The van der Waals surface area contributed by atoms with Crippen molar-refractivity contribution in [3.8, 4) is 16.9 Å². The lowest BCUT2D eigenvalue weighted by molar-refractivity contribution is -0.129. The van der Waals surface area contributed by atoms with E-state index >= 15 is 0 Å². The van der Waals surface area contributed by atoms with Crippen LogP contribution in [0.3, 0.4) is 0 Å². The third-order valence-electron chi connectivity index (χ3n) is 5.83. The Balaban J connectivity index is 1.59. The molecule has 1 aliphatic heterocycles. The summed E-state index contributed by atoms with van der Waals surface area (Å²) in [5.74, 6) is -0.0439. The smallest absolute Gasteiger partial charge is 0.312 e. The van der Waals surface area contributed by atoms with E-state index < -0.39 is 20.9 Å². The predicted octanol–water partition coefficient (Wildman–Crippen LogP) is 2.04. The molecule has 33 heavy (non-hydrogen) atoms. The van der Waals surface area contributed by atoms with E-state index in [-0.39, 0.29) is 17.6 Å². The molecule has 1 aromatic heterocycles. The fraction of sp³-hybridized carbons (Fsp3) is 0.217. The lowest BCUT2D eigenvalue weighted by Crippen LogP contribution is -2.41. The van der Waals surface area contributed by atoms with Crippen molar-refractivity contribution in [2.24, 2.45) is 10.7 Å². The molecule has 1 unspecified atom stereocenters. The van der Waals surface area contributed by atoms with Crippen LogP contribution in [0.1, 0.15) is 24.0 Å². The summed E-state index contributed by atoms with van der Waals surface area (Å²) in [6.45, 7) is 0. The summed E-state index contributed by atoms with van der Waals surface area (Å²) in [4.78, 5) is 27.5. The molecule has 2 heterocycles. The molecule has 1 atom stereocenters. The number of amides is 1. The second-order valence-corrected chi connectivity index (χ2v) is 9.87. The van der Waals surface area contributed by atoms with Crippen LogP contribution in [0.15, 0.2) is 72.2 Å². The van der Waals surface area contributed by atoms with Crippen molar-refractivity contribution in [1.82, 2.24) is 14.9 Å². The minimum Gasteiger partial charge on any atom is -0.382 e. The van der Waals surface area contributed by atoms with Crippen molar-refractivity contribution in [3.05, 3.63) is 78.4 Å². The first-order valence-electron chi connectivity index (χ1n) is 10.3. The van der Waals surface area contributed by atoms with E-state index in [4.69, 9.17) is 9.92 Å². The van der Waals surface area contributed by atoms with E-state index in [0.717, 1.165) is 11.1 Å². The van der Waals surface area contributed by atoms with Crippen molar-refractivity contribution >= 4 is 22.0 Å². The Labute approximate surface area is 191 Å². The van der Waals surface area contributed by atoms with Gasteiger partial charge in [0.05, 0.1) is 5.25 Å². The molecule has 1 saturated carbocycles. The van der Waals surface area contributed by atoms with Crippen LogP contribution in [0.4, 0.5) is 0 Å². The van der Waals surface area contributed by atoms with E-state index in [1.54, 1.807) is 31.6 Å². The zero-order valence-electron chi connectivity index (χ0n) is 17.7. The highest BCUT2D eigenvalue weighted by Crippen LogP contribution is 2.41. The summed E-state index contributed by atoms with van der Waals surface area (Å²) in [5.41, 5.74) is 7.39. The third-order valence-corrected chi connectivity index (χ3v) is 7.54. The topological polar surface area (TPSA) is 128 Å². The van der Waals surface area contributed by atoms with Crippen LogP contribution in [0.2, 0.25) is 0 Å². The van der Waals surface area contributed by atoms with Crippen molar-refractivity contribution < 1.29 is 17.4 Å². The van der Waals surface area contributed by atoms with Crippen LogP contribution < -0.4 is 9.92 Å². The van der Waals surface area contributed by atoms with Crippen LogP contribution in [-0.2, 0) is 20.5 Å². The molecule has 168 valence electrons. The number of carbonyl (C=O) groups excluding carboxylic acids is 1. The molecule has 10 heteroatoms. The molecule has 0 radical (unpaired) electrons. The van der Waals surface area contributed by atoms with Gasteiger partial charge >= 0.3 is 10.1 Å². The number of hydrogen-bond acceptors (Lipinski definition) is 8. The molecule has 5 rings (SSSR count). The first-order valence-corrected chi connectivity index (χ1v) is 11.8. The van der Waals surface area contributed by atoms with Gasteiger partial charge in [0.1, 0.15) is 12.1 Å². The number of hydrogen-bond donors (Lipinski definition) is 1. The van der Waals surface area contributed by atoms with Gasteiger partial charge in [0, 0.05) is 25.0 Å². The Morgan fingerprint density at radius 1 is 1.03 bits per heavy atom. The van der Waals surface area contributed by atoms with E-state index in [9.17, 15) is 13.2 Å². The van der Waals surface area contributed by atoms with E-state index in [2.05, 4.69) is 15.0 Å². The number of aromatic nitrogens is 2. The van der Waals surface area contributed by atoms with Gasteiger partial charge in [-0.05, 0) is 47.7 Å². The van der Waals surface area contributed by atoms with Crippen LogP contribution in [-0.4, -0.2) is 47.5 Å². The molecular formula is C23H21N5O4S. The number of guanidine groups is 1. The van der Waals surface area contributed by atoms with Crippen molar-refractivity contribution in [3.63, 3.8) is 0 Å². The summed E-state index contributed by atoms with van der Waals surface area (Å²) in [5, 5.41) is -0.442. The molecule has 0 bridgehead atoms. The lowest BCUT2D eigenvalue weighted by atomic mass is 9.82. The largest absolute Gasteiger partial charge is 0.382 e. The molecule has 1 fully saturated rings. The number of nitrogens with zero attached hydrogens (tertiary/aromatic N) is 4. The van der Waals surface area contributed by atoms with Gasteiger partial charge in [-0.15, -0.1) is 0 Å². The second kappa shape index (κ2) is 7.66. The van der Waals surface area contributed by atoms with Gasteiger partial charge in [-0.1, -0.05) is 30.3 Å². The molecule has 1 aliphatic carbocycles. The quantitative estimate of drug-likeness (QED) is 0.554. The molecule has 0 spiro atoms. The minimum atomic E-state index is -3.64. The molecule has 2 aliphatic rings. The monoisotopic (exact) mass is 463 g/mol. The average molecular weight is 464 g/mol. The van der Waals surface area contributed by atoms with Gasteiger partial charge in [0.25, 0.3) is 5.91 Å². The second-order valence-electron chi connectivity index (χ2n) is 8.05. The SMILES string of the molecule is CN1C(=O)C(c2ccc(OS(=O)(=O)C3CC3)cc2)(c2cccc(-c3cncnc3)c2)N=C1N. The summed E-state index contributed by atoms with van der Waals surface area (Å²) in [6, 6.07) is 13.7. The molecule has 2 aromatic carbocycles. The van der Waals surface area contributed by atoms with Crippen LogP contribution in [0, 0.1) is 0 Å². The molecule has 9 nitrogen and oxygen atoms in total. The number of nitrogens with two attached hydrogens (primary N) is 1. The molecule has 1 amide bonds. The minimum absolute atomic E-state index is 0.0880. The van der Waals surface area contributed by atoms with Crippen molar-refractivity contribution in [2.75, 3.05) is 7.05 Å². The number of aliphatic imine (C=N–C) groups is 1. The average Bonchev–Trinajstić information content (AvgIpc) is 3.66. The number of carbonyl (C=O) groups is 1. The molecule has 3 aromatic rings. The Morgan fingerprint density at radius 3 is 2.33 bits per heavy atom. The van der Waals surface area contributed by atoms with Gasteiger partial charge in [-0.25, -0.2) is 15.0 Å². The van der Waals surface area contributed by atoms with Crippen LogP contribution in [0.5, 0.6) is 5.75 Å². The third kappa shape index (κ3) is 3.62. The normalized spacial score (nSPS) is 20.6. The fourth-order valence-electron chi connectivity index (χ4n) is 3.87. The van der Waals surface area contributed by atoms with Gasteiger partial charge in [0.2, 0.25) is 0 Å². The maximum Gasteiger partial charge on any atom is 0.312 e. The zero-order chi connectivity index (χ0) is 23.2. The summed E-state index contributed by atoms with van der Waals surface area (Å²) < 4.78 is 29.6. The molecule has 2 N–H and O–H groups in total. The summed E-state index contributed by atoms with van der Waals surface area (Å²) in [6.07, 6.45) is 6.04. The number of rotatable bonds is 6. The van der Waals surface area contributed by atoms with Crippen molar-refractivity contribution in [2.45, 2.75) is 23.6 Å². The highest BCUT2D eigenvalue weighted by molar-refractivity contribution is 7.88. The summed E-state index contributed by atoms with van der Waals surface area (Å²) in [7, 11) is -2.07. The zero-order valence-corrected chi connectivity index (χ0v) is 18.6. The van der Waals surface area contributed by atoms with Crippen molar-refractivity contribution in [1.29, 1.82) is 0 Å². The first kappa shape index (κ1) is 21.1. The van der Waals surface area contributed by atoms with Crippen LogP contribution in [0.25, 0.3) is 11.1 Å². The predicted molar refractivity (Wildman–Crippen MR) is 122 cm³/mol. The number of likely N-dealkylation sites (N-methyl/N-ethyl adjacent to an activating group) is 1. The lowest BCUT2D eigenvalue weighted by Gasteiger charge is -2.26. The Bertz CT molecular complexity index is 1360. The Hall–Kier alpha value is -3.79. The van der Waals surface area contributed by atoms with Gasteiger partial charge in [0.15, 0.2) is 11.5 Å². The first-order chi connectivity index (χ1) is 15.8. The van der Waals surface area contributed by atoms with Gasteiger partial charge in [-0.2, -0.15) is 8.42 Å². The molecular weight excluding hydrogens is 442 g/mol. The maximum atomic E-state index is 13.5. The number of benzene rings is 2.